The van der Waals surface area contributed by atoms with Crippen molar-refractivity contribution in [2.75, 3.05) is 0 Å². The molecule has 0 unspecified atom stereocenters. The molecule has 2 N–H and O–H groups in total. The van der Waals surface area contributed by atoms with Crippen molar-refractivity contribution in [3.8, 4) is 0 Å². The van der Waals surface area contributed by atoms with Crippen LogP contribution in [-0.2, 0) is 9.31 Å². The summed E-state index contributed by atoms with van der Waals surface area (Å²) in [6, 6.07) is 0. The summed E-state index contributed by atoms with van der Waals surface area (Å²) in [5.41, 5.74) is -2.60. The van der Waals surface area contributed by atoms with Gasteiger partial charge in [-0.2, -0.15) is 5.10 Å². The molecule has 1 fully saturated rings. The third-order valence-electron chi connectivity index (χ3n) is 3.72. The molecule has 6 nitrogen and oxygen atoms in total. The number of carbonyl (C=O) groups is 1. The highest BCUT2D eigenvalue weighted by Gasteiger charge is 2.53. The highest BCUT2D eigenvalue weighted by Crippen LogP contribution is 2.39. The van der Waals surface area contributed by atoms with Crippen LogP contribution in [0.2, 0.25) is 5.15 Å². The molecule has 1 aliphatic heterocycles. The fourth-order valence-corrected chi connectivity index (χ4v) is 1.97. The zero-order valence-electron chi connectivity index (χ0n) is 12.0. The maximum Gasteiger partial charge on any atom is 0.525 e. The smallest absolute Gasteiger partial charge is 0.476 e. The fourth-order valence-electron chi connectivity index (χ4n) is 1.79. The first-order valence-electron chi connectivity index (χ1n) is 6.25. The van der Waals surface area contributed by atoms with Crippen LogP contribution in [0.4, 0.5) is 4.39 Å². The highest BCUT2D eigenvalue weighted by molar-refractivity contribution is 6.54. The standard InChI is InChI=1S/C12H15BClFN2O4/c1-11(2)12(3,4)21-13(20-11)7(15)5-6-8(10(18)19)16-17-9(6)14/h5H,1-4H3,(H,16,17)(H,18,19). The van der Waals surface area contributed by atoms with E-state index in [2.05, 4.69) is 10.2 Å². The number of H-pyrrole nitrogens is 1. The monoisotopic (exact) mass is 316 g/mol. The van der Waals surface area contributed by atoms with Gasteiger partial charge in [0.05, 0.1) is 11.2 Å². The summed E-state index contributed by atoms with van der Waals surface area (Å²) in [5.74, 6) is -1.31. The number of aromatic carboxylic acids is 1. The molecule has 0 saturated carbocycles. The fraction of sp³-hybridized carbons (Fsp3) is 0.500. The van der Waals surface area contributed by atoms with Crippen molar-refractivity contribution in [3.63, 3.8) is 0 Å². The second-order valence-electron chi connectivity index (χ2n) is 5.72. The lowest BCUT2D eigenvalue weighted by Gasteiger charge is -2.32. The lowest BCUT2D eigenvalue weighted by atomic mass is 9.87. The van der Waals surface area contributed by atoms with E-state index in [1.165, 1.54) is 0 Å². The number of carboxylic acids is 1. The van der Waals surface area contributed by atoms with E-state index in [-0.39, 0.29) is 16.4 Å². The van der Waals surface area contributed by atoms with Crippen LogP contribution in [0.3, 0.4) is 0 Å². The Labute approximate surface area is 126 Å². The molecule has 0 radical (unpaired) electrons. The molecule has 2 heterocycles. The highest BCUT2D eigenvalue weighted by atomic mass is 35.5. The van der Waals surface area contributed by atoms with Gasteiger partial charge in [0.2, 0.25) is 0 Å². The third kappa shape index (κ3) is 2.83. The topological polar surface area (TPSA) is 84.4 Å². The van der Waals surface area contributed by atoms with Gasteiger partial charge in [0, 0.05) is 5.56 Å². The first kappa shape index (κ1) is 16.0. The second-order valence-corrected chi connectivity index (χ2v) is 6.10. The zero-order chi connectivity index (χ0) is 16.0. The van der Waals surface area contributed by atoms with Crippen molar-refractivity contribution in [2.24, 2.45) is 0 Å². The lowest BCUT2D eigenvalue weighted by Crippen LogP contribution is -2.41. The molecular weight excluding hydrogens is 301 g/mol. The van der Waals surface area contributed by atoms with Gasteiger partial charge in [0.1, 0.15) is 10.9 Å². The largest absolute Gasteiger partial charge is 0.525 e. The number of hydrogen-bond donors (Lipinski definition) is 2. The number of carboxylic acid groups (broad SMARTS) is 1. The van der Waals surface area contributed by atoms with Gasteiger partial charge in [-0.15, -0.1) is 0 Å². The Morgan fingerprint density at radius 3 is 2.38 bits per heavy atom. The van der Waals surface area contributed by atoms with Crippen LogP contribution in [0.5, 0.6) is 0 Å². The zero-order valence-corrected chi connectivity index (χ0v) is 12.8. The molecule has 0 amide bonds. The first-order chi connectivity index (χ1) is 9.55. The van der Waals surface area contributed by atoms with Gasteiger partial charge in [0.15, 0.2) is 5.69 Å². The number of nitrogens with one attached hydrogen (secondary N) is 1. The summed E-state index contributed by atoms with van der Waals surface area (Å²) in [6.45, 7) is 7.14. The quantitative estimate of drug-likeness (QED) is 0.838. The van der Waals surface area contributed by atoms with Crippen LogP contribution in [0.25, 0.3) is 6.08 Å². The number of hydrogen-bond acceptors (Lipinski definition) is 4. The van der Waals surface area contributed by atoms with E-state index in [1.807, 2.05) is 0 Å². The molecule has 0 aromatic carbocycles. The van der Waals surface area contributed by atoms with Crippen LogP contribution in [-0.4, -0.2) is 39.6 Å². The van der Waals surface area contributed by atoms with Gasteiger partial charge in [-0.05, 0) is 33.8 Å². The summed E-state index contributed by atoms with van der Waals surface area (Å²) in [5, 5.41) is 14.7. The molecule has 114 valence electrons. The number of nitrogens with zero attached hydrogens (tertiary/aromatic N) is 1. The van der Waals surface area contributed by atoms with E-state index >= 15 is 0 Å². The number of rotatable bonds is 3. The van der Waals surface area contributed by atoms with E-state index in [0.29, 0.717) is 0 Å². The molecule has 1 aromatic heterocycles. The SMILES string of the molecule is CC1(C)OB(C(F)=Cc2c(C(=O)O)n[nH]c2Cl)OC1(C)C. The van der Waals surface area contributed by atoms with Gasteiger partial charge < -0.3 is 14.4 Å². The lowest BCUT2D eigenvalue weighted by molar-refractivity contribution is 0.00578. The summed E-state index contributed by atoms with van der Waals surface area (Å²) in [6.07, 6.45) is 0.956. The Bertz CT molecular complexity index is 598. The minimum Gasteiger partial charge on any atom is -0.476 e. The summed E-state index contributed by atoms with van der Waals surface area (Å²) >= 11 is 5.78. The summed E-state index contributed by atoms with van der Waals surface area (Å²) in [4.78, 5) is 11.0. The van der Waals surface area contributed by atoms with Gasteiger partial charge in [-0.3, -0.25) is 5.10 Å². The van der Waals surface area contributed by atoms with E-state index in [4.69, 9.17) is 26.0 Å². The van der Waals surface area contributed by atoms with Gasteiger partial charge in [0.25, 0.3) is 0 Å². The van der Waals surface area contributed by atoms with Crippen molar-refractivity contribution in [2.45, 2.75) is 38.9 Å². The predicted molar refractivity (Wildman–Crippen MR) is 75.7 cm³/mol. The van der Waals surface area contributed by atoms with Crippen LogP contribution in [0.15, 0.2) is 5.73 Å². The number of halogens is 2. The van der Waals surface area contributed by atoms with Crippen LogP contribution < -0.4 is 0 Å². The Morgan fingerprint density at radius 1 is 1.38 bits per heavy atom. The van der Waals surface area contributed by atoms with E-state index < -0.39 is 30.0 Å². The molecule has 1 aromatic rings. The second kappa shape index (κ2) is 5.12. The van der Waals surface area contributed by atoms with Crippen molar-refractivity contribution in [3.05, 3.63) is 22.1 Å². The maximum atomic E-state index is 14.3. The molecule has 0 aliphatic carbocycles. The molecular formula is C12H15BClFN2O4. The van der Waals surface area contributed by atoms with Crippen LogP contribution in [0, 0.1) is 0 Å². The Hall–Kier alpha value is -1.38. The van der Waals surface area contributed by atoms with Crippen molar-refractivity contribution in [1.29, 1.82) is 0 Å². The molecule has 9 heteroatoms. The number of aromatic amines is 1. The predicted octanol–water partition coefficient (Wildman–Crippen LogP) is 2.70. The summed E-state index contributed by atoms with van der Waals surface area (Å²) < 4.78 is 25.4. The Kier molecular flexibility index (Phi) is 3.90. The Balaban J connectivity index is 2.32. The molecule has 1 aliphatic rings. The minimum atomic E-state index is -1.31. The van der Waals surface area contributed by atoms with Gasteiger partial charge >= 0.3 is 13.1 Å². The molecule has 2 rings (SSSR count). The minimum absolute atomic E-state index is 0.0589. The maximum absolute atomic E-state index is 14.3. The van der Waals surface area contributed by atoms with Crippen molar-refractivity contribution < 1.29 is 23.6 Å². The van der Waals surface area contributed by atoms with E-state index in [1.54, 1.807) is 27.7 Å². The molecule has 0 bridgehead atoms. The molecule has 0 spiro atoms. The average molecular weight is 317 g/mol. The molecule has 21 heavy (non-hydrogen) atoms. The van der Waals surface area contributed by atoms with Crippen molar-refractivity contribution in [1.82, 2.24) is 10.2 Å². The van der Waals surface area contributed by atoms with Crippen molar-refractivity contribution >= 4 is 30.8 Å². The van der Waals surface area contributed by atoms with Gasteiger partial charge in [-0.25, -0.2) is 9.18 Å². The van der Waals surface area contributed by atoms with E-state index in [9.17, 15) is 9.18 Å². The number of aromatic nitrogens is 2. The third-order valence-corrected chi connectivity index (χ3v) is 4.01. The average Bonchev–Trinajstić information content (AvgIpc) is 2.78. The Morgan fingerprint density at radius 2 is 1.90 bits per heavy atom. The van der Waals surface area contributed by atoms with Crippen LogP contribution >= 0.6 is 11.6 Å². The molecule has 1 saturated heterocycles. The van der Waals surface area contributed by atoms with Gasteiger partial charge in [-0.1, -0.05) is 11.6 Å². The van der Waals surface area contributed by atoms with E-state index in [0.717, 1.165) is 6.08 Å². The first-order valence-corrected chi connectivity index (χ1v) is 6.63. The normalized spacial score (nSPS) is 20.9. The molecule has 0 atom stereocenters. The van der Waals surface area contributed by atoms with Crippen LogP contribution in [0.1, 0.15) is 43.7 Å². The summed E-state index contributed by atoms with van der Waals surface area (Å²) in [7, 11) is -1.22.